The molecule has 2 N–H and O–H groups in total. The lowest BCUT2D eigenvalue weighted by Crippen LogP contribution is -2.42. The molecule has 2 aromatic rings. The topological polar surface area (TPSA) is 102 Å². The summed E-state index contributed by atoms with van der Waals surface area (Å²) in [7, 11) is 2.95. The molecule has 0 fully saturated rings. The number of aromatic nitrogens is 4. The number of fused-ring (bicyclic) bond motifs is 1. The predicted molar refractivity (Wildman–Crippen MR) is 63.5 cm³/mol. The van der Waals surface area contributed by atoms with Crippen LogP contribution in [0.1, 0.15) is 0 Å². The average Bonchev–Trinajstić information content (AvgIpc) is 2.81. The van der Waals surface area contributed by atoms with Crippen molar-refractivity contribution in [2.24, 2.45) is 7.05 Å². The maximum absolute atomic E-state index is 12.0. The van der Waals surface area contributed by atoms with Gasteiger partial charge in [0.05, 0.1) is 25.6 Å². The molecular weight excluding hydrogens is 240 g/mol. The highest BCUT2D eigenvalue weighted by Gasteiger charge is 2.15. The Kier molecular flexibility index (Phi) is 3.30. The number of rotatable bonds is 4. The highest BCUT2D eigenvalue weighted by molar-refractivity contribution is 5.68. The first kappa shape index (κ1) is 12.5. The fourth-order valence-electron chi connectivity index (χ4n) is 1.81. The minimum Gasteiger partial charge on any atom is -0.389 e. The summed E-state index contributed by atoms with van der Waals surface area (Å²) >= 11 is 0. The molecule has 8 nitrogen and oxygen atoms in total. The van der Waals surface area contributed by atoms with E-state index >= 15 is 0 Å². The Hall–Kier alpha value is -1.93. The minimum absolute atomic E-state index is 0.0522. The lowest BCUT2D eigenvalue weighted by Gasteiger charge is -2.12. The van der Waals surface area contributed by atoms with E-state index in [0.717, 1.165) is 4.57 Å². The molecule has 0 bridgehead atoms. The Morgan fingerprint density at radius 1 is 1.56 bits per heavy atom. The van der Waals surface area contributed by atoms with Crippen LogP contribution in [0.2, 0.25) is 0 Å². The lowest BCUT2D eigenvalue weighted by molar-refractivity contribution is 0.0521. The first-order valence-electron chi connectivity index (χ1n) is 5.36. The van der Waals surface area contributed by atoms with Gasteiger partial charge in [0.15, 0.2) is 5.65 Å². The van der Waals surface area contributed by atoms with Gasteiger partial charge in [-0.3, -0.25) is 13.9 Å². The Morgan fingerprint density at radius 3 is 2.94 bits per heavy atom. The molecule has 18 heavy (non-hydrogen) atoms. The van der Waals surface area contributed by atoms with Crippen LogP contribution in [0, 0.1) is 0 Å². The normalized spacial score (nSPS) is 13.1. The third kappa shape index (κ3) is 1.95. The number of ether oxygens (including phenoxy) is 1. The van der Waals surface area contributed by atoms with E-state index < -0.39 is 17.4 Å². The molecule has 0 saturated heterocycles. The molecule has 0 radical (unpaired) electrons. The quantitative estimate of drug-likeness (QED) is 0.686. The van der Waals surface area contributed by atoms with Gasteiger partial charge in [-0.15, -0.1) is 0 Å². The van der Waals surface area contributed by atoms with Crippen LogP contribution >= 0.6 is 0 Å². The number of aromatic amines is 1. The van der Waals surface area contributed by atoms with Gasteiger partial charge >= 0.3 is 5.69 Å². The summed E-state index contributed by atoms with van der Waals surface area (Å²) in [4.78, 5) is 30.6. The van der Waals surface area contributed by atoms with Crippen LogP contribution in [0.5, 0.6) is 0 Å². The molecule has 0 aliphatic carbocycles. The second-order valence-electron chi connectivity index (χ2n) is 3.97. The van der Waals surface area contributed by atoms with Crippen molar-refractivity contribution in [1.29, 1.82) is 0 Å². The van der Waals surface area contributed by atoms with E-state index in [0.29, 0.717) is 5.65 Å². The van der Waals surface area contributed by atoms with Gasteiger partial charge in [-0.1, -0.05) is 0 Å². The van der Waals surface area contributed by atoms with E-state index in [9.17, 15) is 14.7 Å². The predicted octanol–water partition coefficient (Wildman–Crippen LogP) is -1.57. The maximum atomic E-state index is 12.0. The summed E-state index contributed by atoms with van der Waals surface area (Å²) in [5.74, 6) is 0. The zero-order chi connectivity index (χ0) is 13.3. The number of H-pyrrole nitrogens is 1. The van der Waals surface area contributed by atoms with Gasteiger partial charge in [0.1, 0.15) is 5.52 Å². The fraction of sp³-hybridized carbons (Fsp3) is 0.500. The SMILES string of the molecule is COCC(O)Cn1c(=O)c2[nH]cnc2n(C)c1=O. The van der Waals surface area contributed by atoms with Gasteiger partial charge in [0, 0.05) is 14.2 Å². The number of methoxy groups -OCH3 is 1. The number of nitrogens with zero attached hydrogens (tertiary/aromatic N) is 3. The molecule has 1 atom stereocenters. The Balaban J connectivity index is 2.57. The second-order valence-corrected chi connectivity index (χ2v) is 3.97. The maximum Gasteiger partial charge on any atom is 0.332 e. The van der Waals surface area contributed by atoms with Crippen molar-refractivity contribution < 1.29 is 9.84 Å². The standard InChI is InChI=1S/C10H14N4O4/c1-13-8-7(11-5-12-8)9(16)14(10(13)17)3-6(15)4-18-2/h5-6,15H,3-4H2,1-2H3,(H,11,12). The summed E-state index contributed by atoms with van der Waals surface area (Å²) in [5, 5.41) is 9.61. The number of hydrogen-bond acceptors (Lipinski definition) is 5. The average molecular weight is 254 g/mol. The van der Waals surface area contributed by atoms with Crippen molar-refractivity contribution in [2.75, 3.05) is 13.7 Å². The van der Waals surface area contributed by atoms with E-state index in [1.165, 1.54) is 25.1 Å². The molecule has 0 aliphatic rings. The number of aliphatic hydroxyl groups is 1. The summed E-state index contributed by atoms with van der Waals surface area (Å²) < 4.78 is 6.98. The zero-order valence-corrected chi connectivity index (χ0v) is 10.1. The first-order valence-corrected chi connectivity index (χ1v) is 5.36. The number of aryl methyl sites for hydroxylation is 1. The summed E-state index contributed by atoms with van der Waals surface area (Å²) in [6.45, 7) is -0.0646. The van der Waals surface area contributed by atoms with Crippen LogP contribution in [0.15, 0.2) is 15.9 Å². The van der Waals surface area contributed by atoms with E-state index in [2.05, 4.69) is 9.97 Å². The first-order chi connectivity index (χ1) is 8.56. The number of nitrogens with one attached hydrogen (secondary N) is 1. The highest BCUT2D eigenvalue weighted by atomic mass is 16.5. The van der Waals surface area contributed by atoms with Gasteiger partial charge in [0.2, 0.25) is 0 Å². The highest BCUT2D eigenvalue weighted by Crippen LogP contribution is 1.99. The van der Waals surface area contributed by atoms with Crippen LogP contribution < -0.4 is 11.2 Å². The molecule has 0 saturated carbocycles. The largest absolute Gasteiger partial charge is 0.389 e. The number of imidazole rings is 1. The monoisotopic (exact) mass is 254 g/mol. The van der Waals surface area contributed by atoms with E-state index in [1.54, 1.807) is 0 Å². The van der Waals surface area contributed by atoms with Crippen LogP contribution in [0.25, 0.3) is 11.2 Å². The molecule has 98 valence electrons. The lowest BCUT2D eigenvalue weighted by atomic mass is 10.3. The number of aliphatic hydroxyl groups excluding tert-OH is 1. The van der Waals surface area contributed by atoms with E-state index in [-0.39, 0.29) is 18.7 Å². The smallest absolute Gasteiger partial charge is 0.332 e. The number of hydrogen-bond donors (Lipinski definition) is 2. The van der Waals surface area contributed by atoms with E-state index in [4.69, 9.17) is 4.74 Å². The van der Waals surface area contributed by atoms with Crippen LogP contribution in [-0.2, 0) is 18.3 Å². The Bertz CT molecular complexity index is 669. The van der Waals surface area contributed by atoms with Crippen molar-refractivity contribution in [3.63, 3.8) is 0 Å². The minimum atomic E-state index is -0.916. The molecule has 0 spiro atoms. The zero-order valence-electron chi connectivity index (χ0n) is 10.1. The molecule has 0 aromatic carbocycles. The van der Waals surface area contributed by atoms with Crippen molar-refractivity contribution >= 4 is 11.2 Å². The Labute approximate surface area is 101 Å². The fourth-order valence-corrected chi connectivity index (χ4v) is 1.81. The third-order valence-corrected chi connectivity index (χ3v) is 2.67. The summed E-state index contributed by atoms with van der Waals surface area (Å²) in [6.07, 6.45) is 0.433. The van der Waals surface area contributed by atoms with Gasteiger partial charge in [-0.25, -0.2) is 9.78 Å². The van der Waals surface area contributed by atoms with Crippen molar-refractivity contribution in [2.45, 2.75) is 12.6 Å². The third-order valence-electron chi connectivity index (χ3n) is 2.67. The molecule has 2 rings (SSSR count). The molecule has 0 aliphatic heterocycles. The van der Waals surface area contributed by atoms with Gasteiger partial charge < -0.3 is 14.8 Å². The molecule has 1 unspecified atom stereocenters. The summed E-state index contributed by atoms with van der Waals surface area (Å²) in [6, 6.07) is 0. The van der Waals surface area contributed by atoms with Gasteiger partial charge in [0.25, 0.3) is 5.56 Å². The van der Waals surface area contributed by atoms with Crippen molar-refractivity contribution in [3.8, 4) is 0 Å². The Morgan fingerprint density at radius 2 is 2.28 bits per heavy atom. The van der Waals surface area contributed by atoms with Crippen molar-refractivity contribution in [3.05, 3.63) is 27.2 Å². The molecule has 8 heteroatoms. The van der Waals surface area contributed by atoms with Gasteiger partial charge in [-0.2, -0.15) is 0 Å². The van der Waals surface area contributed by atoms with Gasteiger partial charge in [-0.05, 0) is 0 Å². The van der Waals surface area contributed by atoms with Crippen LogP contribution in [-0.4, -0.2) is 44.0 Å². The van der Waals surface area contributed by atoms with Crippen LogP contribution in [0.4, 0.5) is 0 Å². The van der Waals surface area contributed by atoms with Crippen molar-refractivity contribution in [1.82, 2.24) is 19.1 Å². The van der Waals surface area contributed by atoms with Crippen LogP contribution in [0.3, 0.4) is 0 Å². The second kappa shape index (κ2) is 4.75. The molecule has 0 amide bonds. The van der Waals surface area contributed by atoms with E-state index in [1.807, 2.05) is 0 Å². The molecular formula is C10H14N4O4. The molecule has 2 heterocycles. The summed E-state index contributed by atoms with van der Waals surface area (Å²) in [5.41, 5.74) is -0.486. The molecule has 2 aromatic heterocycles.